The highest BCUT2D eigenvalue weighted by Gasteiger charge is 2.20. The predicted molar refractivity (Wildman–Crippen MR) is 101 cm³/mol. The minimum absolute atomic E-state index is 0.466. The Morgan fingerprint density at radius 3 is 3.16 bits per heavy atom. The lowest BCUT2D eigenvalue weighted by atomic mass is 10.2. The van der Waals surface area contributed by atoms with E-state index in [1.54, 1.807) is 12.4 Å². The SMILES string of the molecule is CCC1CN(c2ncc(Cl)c(Nc3ccc4[nH]ncc4c3)n2)CCN1. The van der Waals surface area contributed by atoms with Gasteiger partial charge in [0, 0.05) is 36.7 Å². The van der Waals surface area contributed by atoms with Crippen LogP contribution in [0.3, 0.4) is 0 Å². The molecule has 1 saturated heterocycles. The predicted octanol–water partition coefficient (Wildman–Crippen LogP) is 2.94. The molecule has 3 aromatic rings. The van der Waals surface area contributed by atoms with Gasteiger partial charge in [0.25, 0.3) is 0 Å². The third kappa shape index (κ3) is 3.38. The summed E-state index contributed by atoms with van der Waals surface area (Å²) in [5.74, 6) is 1.32. The fourth-order valence-corrected chi connectivity index (χ4v) is 3.17. The zero-order valence-electron chi connectivity index (χ0n) is 14.0. The topological polar surface area (TPSA) is 81.8 Å². The number of nitrogens with zero attached hydrogens (tertiary/aromatic N) is 4. The molecule has 25 heavy (non-hydrogen) atoms. The van der Waals surface area contributed by atoms with Gasteiger partial charge in [-0.3, -0.25) is 5.10 Å². The molecule has 3 heterocycles. The van der Waals surface area contributed by atoms with E-state index in [9.17, 15) is 0 Å². The molecule has 4 rings (SSSR count). The Labute approximate surface area is 150 Å². The molecule has 130 valence electrons. The van der Waals surface area contributed by atoms with Crippen molar-refractivity contribution < 1.29 is 0 Å². The van der Waals surface area contributed by atoms with Crippen molar-refractivity contribution in [3.63, 3.8) is 0 Å². The largest absolute Gasteiger partial charge is 0.339 e. The summed E-state index contributed by atoms with van der Waals surface area (Å²) in [5, 5.41) is 15.3. The van der Waals surface area contributed by atoms with Crippen LogP contribution < -0.4 is 15.5 Å². The van der Waals surface area contributed by atoms with Gasteiger partial charge in [-0.25, -0.2) is 4.98 Å². The average Bonchev–Trinajstić information content (AvgIpc) is 3.11. The molecule has 0 bridgehead atoms. The van der Waals surface area contributed by atoms with Gasteiger partial charge in [-0.05, 0) is 24.6 Å². The van der Waals surface area contributed by atoms with Gasteiger partial charge in [0.15, 0.2) is 5.82 Å². The summed E-state index contributed by atoms with van der Waals surface area (Å²) in [7, 11) is 0. The molecule has 0 radical (unpaired) electrons. The number of halogens is 1. The second kappa shape index (κ2) is 6.85. The number of fused-ring (bicyclic) bond motifs is 1. The van der Waals surface area contributed by atoms with Crippen molar-refractivity contribution in [2.24, 2.45) is 0 Å². The van der Waals surface area contributed by atoms with Crippen molar-refractivity contribution in [3.8, 4) is 0 Å². The number of rotatable bonds is 4. The van der Waals surface area contributed by atoms with Crippen LogP contribution in [0.25, 0.3) is 10.9 Å². The van der Waals surface area contributed by atoms with E-state index in [-0.39, 0.29) is 0 Å². The van der Waals surface area contributed by atoms with Crippen LogP contribution in [0, 0.1) is 0 Å². The van der Waals surface area contributed by atoms with Crippen LogP contribution in [0.1, 0.15) is 13.3 Å². The number of piperazine rings is 1. The fraction of sp³-hybridized carbons (Fsp3) is 0.353. The molecule has 8 heteroatoms. The first kappa shape index (κ1) is 16.1. The zero-order chi connectivity index (χ0) is 17.2. The summed E-state index contributed by atoms with van der Waals surface area (Å²) in [6.07, 6.45) is 4.53. The third-order valence-corrected chi connectivity index (χ3v) is 4.74. The lowest BCUT2D eigenvalue weighted by Gasteiger charge is -2.33. The van der Waals surface area contributed by atoms with Crippen molar-refractivity contribution in [2.75, 3.05) is 29.9 Å². The Kier molecular flexibility index (Phi) is 4.42. The van der Waals surface area contributed by atoms with E-state index in [4.69, 9.17) is 11.6 Å². The average molecular weight is 358 g/mol. The number of H-pyrrole nitrogens is 1. The number of anilines is 3. The fourth-order valence-electron chi connectivity index (χ4n) is 3.04. The number of nitrogens with one attached hydrogen (secondary N) is 3. The van der Waals surface area contributed by atoms with E-state index >= 15 is 0 Å². The van der Waals surface area contributed by atoms with Crippen molar-refractivity contribution in [1.82, 2.24) is 25.5 Å². The summed E-state index contributed by atoms with van der Waals surface area (Å²) < 4.78 is 0. The molecule has 0 spiro atoms. The first-order valence-electron chi connectivity index (χ1n) is 8.44. The van der Waals surface area contributed by atoms with E-state index < -0.39 is 0 Å². The lowest BCUT2D eigenvalue weighted by molar-refractivity contribution is 0.443. The van der Waals surface area contributed by atoms with Crippen LogP contribution in [0.5, 0.6) is 0 Å². The third-order valence-electron chi connectivity index (χ3n) is 4.47. The molecule has 1 fully saturated rings. The van der Waals surface area contributed by atoms with Gasteiger partial charge in [-0.1, -0.05) is 18.5 Å². The Morgan fingerprint density at radius 2 is 2.28 bits per heavy atom. The van der Waals surface area contributed by atoms with Crippen LogP contribution in [-0.2, 0) is 0 Å². The molecule has 1 aliphatic rings. The van der Waals surface area contributed by atoms with Crippen LogP contribution in [0.2, 0.25) is 5.02 Å². The first-order chi connectivity index (χ1) is 12.2. The van der Waals surface area contributed by atoms with Crippen LogP contribution in [0.15, 0.2) is 30.6 Å². The molecule has 1 aliphatic heterocycles. The molecular weight excluding hydrogens is 338 g/mol. The highest BCUT2D eigenvalue weighted by atomic mass is 35.5. The maximum absolute atomic E-state index is 6.30. The van der Waals surface area contributed by atoms with Gasteiger partial charge in [-0.15, -0.1) is 0 Å². The summed E-state index contributed by atoms with van der Waals surface area (Å²) in [6.45, 7) is 4.91. The normalized spacial score (nSPS) is 17.8. The number of benzene rings is 1. The quantitative estimate of drug-likeness (QED) is 0.666. The van der Waals surface area contributed by atoms with Gasteiger partial charge < -0.3 is 15.5 Å². The second-order valence-corrected chi connectivity index (χ2v) is 6.58. The monoisotopic (exact) mass is 357 g/mol. The molecule has 2 aromatic heterocycles. The van der Waals surface area contributed by atoms with Gasteiger partial charge in [0.2, 0.25) is 5.95 Å². The van der Waals surface area contributed by atoms with Crippen molar-refractivity contribution in [1.29, 1.82) is 0 Å². The van der Waals surface area contributed by atoms with E-state index in [0.29, 0.717) is 22.8 Å². The maximum atomic E-state index is 6.30. The summed E-state index contributed by atoms with van der Waals surface area (Å²) >= 11 is 6.30. The maximum Gasteiger partial charge on any atom is 0.227 e. The summed E-state index contributed by atoms with van der Waals surface area (Å²) in [6, 6.07) is 6.42. The number of hydrogen-bond donors (Lipinski definition) is 3. The summed E-state index contributed by atoms with van der Waals surface area (Å²) in [4.78, 5) is 11.3. The number of aromatic nitrogens is 4. The van der Waals surface area contributed by atoms with Crippen LogP contribution in [-0.4, -0.2) is 45.8 Å². The standard InChI is InChI=1S/C17H20ClN7/c1-2-12-10-25(6-5-19-12)17-20-9-14(18)16(23-17)22-13-3-4-15-11(7-13)8-21-24-15/h3-4,7-9,12,19H,2,5-6,10H2,1H3,(H,21,24)(H,20,22,23). The van der Waals surface area contributed by atoms with Crippen LogP contribution in [0.4, 0.5) is 17.5 Å². The highest BCUT2D eigenvalue weighted by Crippen LogP contribution is 2.26. The lowest BCUT2D eigenvalue weighted by Crippen LogP contribution is -2.51. The van der Waals surface area contributed by atoms with Gasteiger partial charge in [-0.2, -0.15) is 10.1 Å². The molecule has 0 amide bonds. The highest BCUT2D eigenvalue weighted by molar-refractivity contribution is 6.32. The molecule has 1 atom stereocenters. The van der Waals surface area contributed by atoms with Crippen molar-refractivity contribution in [2.45, 2.75) is 19.4 Å². The van der Waals surface area contributed by atoms with Crippen molar-refractivity contribution >= 4 is 40.0 Å². The first-order valence-corrected chi connectivity index (χ1v) is 8.82. The second-order valence-electron chi connectivity index (χ2n) is 6.17. The van der Waals surface area contributed by atoms with E-state index in [1.807, 2.05) is 18.2 Å². The summed E-state index contributed by atoms with van der Waals surface area (Å²) in [5.41, 5.74) is 1.90. The van der Waals surface area contributed by atoms with E-state index in [1.165, 1.54) is 0 Å². The Bertz CT molecular complexity index is 878. The van der Waals surface area contributed by atoms with Gasteiger partial charge in [0.05, 0.1) is 17.9 Å². The van der Waals surface area contributed by atoms with Gasteiger partial charge in [0.1, 0.15) is 5.02 Å². The molecule has 7 nitrogen and oxygen atoms in total. The minimum atomic E-state index is 0.466. The Morgan fingerprint density at radius 1 is 1.36 bits per heavy atom. The van der Waals surface area contributed by atoms with Gasteiger partial charge >= 0.3 is 0 Å². The smallest absolute Gasteiger partial charge is 0.227 e. The van der Waals surface area contributed by atoms with Crippen LogP contribution >= 0.6 is 11.6 Å². The Hall–Kier alpha value is -2.38. The van der Waals surface area contributed by atoms with Crippen molar-refractivity contribution in [3.05, 3.63) is 35.6 Å². The number of aromatic amines is 1. The van der Waals surface area contributed by atoms with E-state index in [0.717, 1.165) is 42.6 Å². The minimum Gasteiger partial charge on any atom is -0.339 e. The Balaban J connectivity index is 1.58. The number of hydrogen-bond acceptors (Lipinski definition) is 6. The molecular formula is C17H20ClN7. The molecule has 0 aliphatic carbocycles. The van der Waals surface area contributed by atoms with E-state index in [2.05, 4.69) is 42.6 Å². The zero-order valence-corrected chi connectivity index (χ0v) is 14.7. The molecule has 1 unspecified atom stereocenters. The molecule has 0 saturated carbocycles. The molecule has 1 aromatic carbocycles. The molecule has 3 N–H and O–H groups in total.